The SMILES string of the molecule is CC1(C)OB(C(F)=C2CCCC2CC(F)(F)F)OC1(C)C. The van der Waals surface area contributed by atoms with Crippen molar-refractivity contribution in [2.45, 2.75) is 70.8 Å². The molecule has 0 spiro atoms. The van der Waals surface area contributed by atoms with Crippen molar-refractivity contribution in [2.24, 2.45) is 5.92 Å². The van der Waals surface area contributed by atoms with Crippen molar-refractivity contribution in [1.82, 2.24) is 0 Å². The van der Waals surface area contributed by atoms with Gasteiger partial charge in [0.2, 0.25) is 0 Å². The second-order valence-corrected chi connectivity index (χ2v) is 6.87. The third-order valence-corrected chi connectivity index (χ3v) is 4.74. The molecule has 2 fully saturated rings. The molecule has 1 heterocycles. The summed E-state index contributed by atoms with van der Waals surface area (Å²) in [5, 5.41) is 0. The zero-order chi connectivity index (χ0) is 16.1. The van der Waals surface area contributed by atoms with Gasteiger partial charge in [0.05, 0.1) is 17.6 Å². The van der Waals surface area contributed by atoms with Crippen LogP contribution in [-0.2, 0) is 9.31 Å². The van der Waals surface area contributed by atoms with Crippen LogP contribution in [0.2, 0.25) is 0 Å². The number of hydrogen-bond donors (Lipinski definition) is 0. The fourth-order valence-electron chi connectivity index (χ4n) is 2.83. The van der Waals surface area contributed by atoms with Gasteiger partial charge in [-0.25, -0.2) is 4.39 Å². The summed E-state index contributed by atoms with van der Waals surface area (Å²) in [6, 6.07) is 0. The van der Waals surface area contributed by atoms with Gasteiger partial charge in [0, 0.05) is 0 Å². The summed E-state index contributed by atoms with van der Waals surface area (Å²) in [4.78, 5) is 0. The lowest BCUT2D eigenvalue weighted by atomic mass is 9.81. The molecule has 2 aliphatic rings. The lowest BCUT2D eigenvalue weighted by Gasteiger charge is -2.32. The Bertz CT molecular complexity index is 427. The highest BCUT2D eigenvalue weighted by Crippen LogP contribution is 2.44. The number of alkyl halides is 3. The number of allylic oxidation sites excluding steroid dienone is 1. The minimum atomic E-state index is -4.28. The lowest BCUT2D eigenvalue weighted by Crippen LogP contribution is -2.41. The highest BCUT2D eigenvalue weighted by Gasteiger charge is 2.54. The zero-order valence-electron chi connectivity index (χ0n) is 12.8. The molecule has 21 heavy (non-hydrogen) atoms. The molecule has 0 aromatic rings. The minimum Gasteiger partial charge on any atom is -0.398 e. The van der Waals surface area contributed by atoms with E-state index >= 15 is 0 Å². The van der Waals surface area contributed by atoms with E-state index in [9.17, 15) is 17.6 Å². The second kappa shape index (κ2) is 5.27. The molecule has 0 radical (unpaired) electrons. The normalized spacial score (nSPS) is 30.9. The molecule has 1 saturated carbocycles. The van der Waals surface area contributed by atoms with Crippen LogP contribution in [-0.4, -0.2) is 24.5 Å². The van der Waals surface area contributed by atoms with E-state index in [0.29, 0.717) is 19.3 Å². The van der Waals surface area contributed by atoms with Gasteiger partial charge in [-0.05, 0) is 58.4 Å². The Labute approximate surface area is 123 Å². The van der Waals surface area contributed by atoms with E-state index in [1.54, 1.807) is 27.7 Å². The van der Waals surface area contributed by atoms with Crippen LogP contribution in [0.5, 0.6) is 0 Å². The molecule has 0 N–H and O–H groups in total. The maximum absolute atomic E-state index is 14.6. The molecule has 0 bridgehead atoms. The van der Waals surface area contributed by atoms with Gasteiger partial charge in [-0.1, -0.05) is 0 Å². The first-order valence-corrected chi connectivity index (χ1v) is 7.24. The van der Waals surface area contributed by atoms with Gasteiger partial charge < -0.3 is 9.31 Å². The first-order chi connectivity index (χ1) is 9.43. The van der Waals surface area contributed by atoms with Crippen molar-refractivity contribution in [3.63, 3.8) is 0 Å². The Kier molecular flexibility index (Phi) is 4.21. The molecule has 1 unspecified atom stereocenters. The third kappa shape index (κ3) is 3.45. The average Bonchev–Trinajstić information content (AvgIpc) is 2.79. The van der Waals surface area contributed by atoms with Crippen LogP contribution in [0, 0.1) is 5.92 Å². The number of hydrogen-bond acceptors (Lipinski definition) is 2. The zero-order valence-corrected chi connectivity index (χ0v) is 12.8. The molecule has 2 nitrogen and oxygen atoms in total. The third-order valence-electron chi connectivity index (χ3n) is 4.74. The van der Waals surface area contributed by atoms with Crippen LogP contribution >= 0.6 is 0 Å². The van der Waals surface area contributed by atoms with Crippen LogP contribution in [0.25, 0.3) is 0 Å². The van der Waals surface area contributed by atoms with E-state index in [4.69, 9.17) is 9.31 Å². The Morgan fingerprint density at radius 3 is 2.19 bits per heavy atom. The molecular weight excluding hydrogens is 287 g/mol. The molecule has 1 atom stereocenters. The molecule has 0 amide bonds. The highest BCUT2D eigenvalue weighted by molar-refractivity contribution is 6.53. The largest absolute Gasteiger partial charge is 0.525 e. The summed E-state index contributed by atoms with van der Waals surface area (Å²) in [5.41, 5.74) is -1.85. The Morgan fingerprint density at radius 2 is 1.71 bits per heavy atom. The lowest BCUT2D eigenvalue weighted by molar-refractivity contribution is -0.141. The van der Waals surface area contributed by atoms with Crippen LogP contribution in [0.1, 0.15) is 53.4 Å². The maximum atomic E-state index is 14.6. The van der Waals surface area contributed by atoms with Gasteiger partial charge in [-0.15, -0.1) is 0 Å². The van der Waals surface area contributed by atoms with E-state index in [2.05, 4.69) is 0 Å². The summed E-state index contributed by atoms with van der Waals surface area (Å²) in [5.74, 6) is -0.788. The van der Waals surface area contributed by atoms with Crippen LogP contribution in [0.3, 0.4) is 0 Å². The summed E-state index contributed by atoms with van der Waals surface area (Å²) < 4.78 is 63.4. The molecule has 1 saturated heterocycles. The van der Waals surface area contributed by atoms with Crippen molar-refractivity contribution in [3.05, 3.63) is 11.3 Å². The van der Waals surface area contributed by atoms with E-state index in [-0.39, 0.29) is 5.57 Å². The van der Waals surface area contributed by atoms with Crippen LogP contribution in [0.4, 0.5) is 17.6 Å². The molecule has 7 heteroatoms. The molecule has 1 aliphatic carbocycles. The summed E-state index contributed by atoms with van der Waals surface area (Å²) in [7, 11) is -1.20. The Balaban J connectivity index is 2.20. The van der Waals surface area contributed by atoms with Crippen molar-refractivity contribution < 1.29 is 26.9 Å². The monoisotopic (exact) mass is 308 g/mol. The molecule has 2 rings (SSSR count). The van der Waals surface area contributed by atoms with Crippen molar-refractivity contribution in [2.75, 3.05) is 0 Å². The Morgan fingerprint density at radius 1 is 1.19 bits per heavy atom. The van der Waals surface area contributed by atoms with Gasteiger partial charge in [0.15, 0.2) is 0 Å². The average molecular weight is 308 g/mol. The van der Waals surface area contributed by atoms with Gasteiger partial charge in [-0.2, -0.15) is 13.2 Å². The Hall–Kier alpha value is -0.555. The fourth-order valence-corrected chi connectivity index (χ4v) is 2.83. The smallest absolute Gasteiger partial charge is 0.398 e. The van der Waals surface area contributed by atoms with E-state index < -0.39 is 42.6 Å². The first-order valence-electron chi connectivity index (χ1n) is 7.24. The maximum Gasteiger partial charge on any atom is 0.525 e. The van der Waals surface area contributed by atoms with Crippen molar-refractivity contribution in [1.29, 1.82) is 0 Å². The van der Waals surface area contributed by atoms with Crippen molar-refractivity contribution in [3.8, 4) is 0 Å². The van der Waals surface area contributed by atoms with Gasteiger partial charge >= 0.3 is 13.3 Å². The highest BCUT2D eigenvalue weighted by atomic mass is 19.4. The van der Waals surface area contributed by atoms with Gasteiger partial charge in [-0.3, -0.25) is 0 Å². The molecule has 0 aromatic heterocycles. The summed E-state index contributed by atoms with van der Waals surface area (Å²) in [6.07, 6.45) is -3.98. The van der Waals surface area contributed by atoms with Gasteiger partial charge in [0.25, 0.3) is 0 Å². The number of halogens is 4. The summed E-state index contributed by atoms with van der Waals surface area (Å²) >= 11 is 0. The molecule has 1 aliphatic heterocycles. The summed E-state index contributed by atoms with van der Waals surface area (Å²) in [6.45, 7) is 7.14. The topological polar surface area (TPSA) is 18.5 Å². The van der Waals surface area contributed by atoms with E-state index in [1.807, 2.05) is 0 Å². The van der Waals surface area contributed by atoms with Crippen LogP contribution in [0.15, 0.2) is 11.3 Å². The molecule has 0 aromatic carbocycles. The molecular formula is C14H21BF4O2. The quantitative estimate of drug-likeness (QED) is 0.548. The minimum absolute atomic E-state index is 0.214. The molecule has 120 valence electrons. The predicted octanol–water partition coefficient (Wildman–Crippen LogP) is 4.59. The first kappa shape index (κ1) is 16.8. The fraction of sp³-hybridized carbons (Fsp3) is 0.857. The predicted molar refractivity (Wildman–Crippen MR) is 72.2 cm³/mol. The second-order valence-electron chi connectivity index (χ2n) is 6.87. The van der Waals surface area contributed by atoms with Gasteiger partial charge in [0.1, 0.15) is 5.73 Å². The van der Waals surface area contributed by atoms with Crippen LogP contribution < -0.4 is 0 Å². The van der Waals surface area contributed by atoms with E-state index in [1.165, 1.54) is 0 Å². The number of rotatable bonds is 2. The standard InChI is InChI=1S/C14H21BF4O2/c1-12(2)13(3,4)21-15(20-12)11(16)10-7-5-6-9(10)8-14(17,18)19/h9H,5-8H2,1-4H3. The van der Waals surface area contributed by atoms with Crippen molar-refractivity contribution >= 4 is 7.12 Å². The van der Waals surface area contributed by atoms with E-state index in [0.717, 1.165) is 0 Å².